The monoisotopic (exact) mass is 354 g/mol. The lowest BCUT2D eigenvalue weighted by molar-refractivity contribution is -0.143. The third-order valence-electron chi connectivity index (χ3n) is 3.44. The van der Waals surface area contributed by atoms with Crippen LogP contribution in [0.15, 0.2) is 23.4 Å². The van der Waals surface area contributed by atoms with E-state index in [1.165, 1.54) is 19.2 Å². The number of nitrogens with one attached hydrogen (secondary N) is 2. The molecule has 2 rings (SSSR count). The number of hydrogen-bond donors (Lipinski definition) is 3. The Kier molecular flexibility index (Phi) is 5.23. The van der Waals surface area contributed by atoms with E-state index >= 15 is 0 Å². The van der Waals surface area contributed by atoms with E-state index in [-0.39, 0.29) is 28.2 Å². The molecule has 24 heavy (non-hydrogen) atoms. The molecule has 1 atom stereocenters. The topological polar surface area (TPSA) is 96.9 Å². The lowest BCUT2D eigenvalue weighted by Crippen LogP contribution is -2.45. The highest BCUT2D eigenvalue weighted by Crippen LogP contribution is 2.39. The number of aromatic hydroxyl groups is 1. The predicted octanol–water partition coefficient (Wildman–Crippen LogP) is 2.63. The van der Waals surface area contributed by atoms with Gasteiger partial charge in [-0.25, -0.2) is 9.59 Å². The van der Waals surface area contributed by atoms with Gasteiger partial charge in [0, 0.05) is 5.70 Å². The number of urea groups is 1. The first kappa shape index (κ1) is 17.9. The number of benzene rings is 1. The third-order valence-corrected chi connectivity index (χ3v) is 3.72. The van der Waals surface area contributed by atoms with Gasteiger partial charge in [0.1, 0.15) is 0 Å². The predicted molar refractivity (Wildman–Crippen MR) is 88.0 cm³/mol. The number of carbonyl (C=O) groups is 2. The van der Waals surface area contributed by atoms with Crippen LogP contribution in [0.3, 0.4) is 0 Å². The Bertz CT molecular complexity index is 715. The number of phenolic OH excluding ortho intramolecular Hbond substituents is 1. The fraction of sp³-hybridized carbons (Fsp3) is 0.375. The van der Waals surface area contributed by atoms with Crippen molar-refractivity contribution in [3.05, 3.63) is 34.0 Å². The third kappa shape index (κ3) is 3.56. The molecule has 1 aliphatic heterocycles. The first-order valence-corrected chi connectivity index (χ1v) is 7.68. The Labute approximate surface area is 144 Å². The number of rotatable bonds is 4. The molecule has 7 nitrogen and oxygen atoms in total. The highest BCUT2D eigenvalue weighted by molar-refractivity contribution is 6.32. The van der Waals surface area contributed by atoms with Crippen molar-refractivity contribution in [1.29, 1.82) is 0 Å². The van der Waals surface area contributed by atoms with E-state index in [0.29, 0.717) is 11.3 Å². The van der Waals surface area contributed by atoms with Gasteiger partial charge in [0.2, 0.25) is 0 Å². The number of esters is 1. The van der Waals surface area contributed by atoms with Gasteiger partial charge in [-0.15, -0.1) is 0 Å². The van der Waals surface area contributed by atoms with Gasteiger partial charge in [-0.2, -0.15) is 0 Å². The number of ether oxygens (including phenoxy) is 2. The number of halogens is 1. The van der Waals surface area contributed by atoms with E-state index in [1.54, 1.807) is 20.8 Å². The average molecular weight is 355 g/mol. The molecule has 0 bridgehead atoms. The summed E-state index contributed by atoms with van der Waals surface area (Å²) in [5.74, 6) is -0.627. The number of amides is 2. The van der Waals surface area contributed by atoms with Crippen LogP contribution >= 0.6 is 11.6 Å². The summed E-state index contributed by atoms with van der Waals surface area (Å²) in [7, 11) is 1.38. The SMILES string of the molecule is COc1cc([C@@H]2NC(=O)NC(C)=C2C(=O)OC(C)C)cc(Cl)c1O. The number of allylic oxidation sites excluding steroid dienone is 1. The van der Waals surface area contributed by atoms with Gasteiger partial charge in [-0.3, -0.25) is 0 Å². The first-order chi connectivity index (χ1) is 11.2. The quantitative estimate of drug-likeness (QED) is 0.722. The van der Waals surface area contributed by atoms with Crippen LogP contribution in [0.5, 0.6) is 11.5 Å². The lowest BCUT2D eigenvalue weighted by atomic mass is 9.95. The smallest absolute Gasteiger partial charge is 0.338 e. The van der Waals surface area contributed by atoms with E-state index in [4.69, 9.17) is 21.1 Å². The normalized spacial score (nSPS) is 17.4. The summed E-state index contributed by atoms with van der Waals surface area (Å²) in [6.07, 6.45) is -0.311. The molecule has 8 heteroatoms. The first-order valence-electron chi connectivity index (χ1n) is 7.30. The van der Waals surface area contributed by atoms with Crippen molar-refractivity contribution in [2.45, 2.75) is 32.9 Å². The summed E-state index contributed by atoms with van der Waals surface area (Å²) in [6.45, 7) is 5.08. The van der Waals surface area contributed by atoms with Crippen molar-refractivity contribution in [3.8, 4) is 11.5 Å². The molecule has 1 aliphatic rings. The summed E-state index contributed by atoms with van der Waals surface area (Å²) in [6, 6.07) is 1.73. The minimum atomic E-state index is -0.781. The number of hydrogen-bond acceptors (Lipinski definition) is 5. The van der Waals surface area contributed by atoms with Gasteiger partial charge in [0.25, 0.3) is 0 Å². The zero-order valence-electron chi connectivity index (χ0n) is 13.8. The van der Waals surface area contributed by atoms with Gasteiger partial charge in [0.15, 0.2) is 11.5 Å². The number of carbonyl (C=O) groups excluding carboxylic acids is 2. The van der Waals surface area contributed by atoms with E-state index in [1.807, 2.05) is 0 Å². The van der Waals surface area contributed by atoms with Crippen LogP contribution in [0.1, 0.15) is 32.4 Å². The second-order valence-electron chi connectivity index (χ2n) is 5.58. The average Bonchev–Trinajstić information content (AvgIpc) is 2.48. The van der Waals surface area contributed by atoms with Crippen LogP contribution in [0.25, 0.3) is 0 Å². The van der Waals surface area contributed by atoms with Crippen LogP contribution in [-0.2, 0) is 9.53 Å². The number of phenols is 1. The minimum Gasteiger partial charge on any atom is -0.503 e. The standard InChI is InChI=1S/C16H19ClN2O5/c1-7(2)24-15(21)12-8(3)18-16(22)19-13(12)9-5-10(17)14(20)11(6-9)23-4/h5-7,13,20H,1-4H3,(H2,18,19,22)/t13-/m0/s1. The van der Waals surface area contributed by atoms with E-state index < -0.39 is 18.0 Å². The molecule has 0 spiro atoms. The van der Waals surface area contributed by atoms with Crippen molar-refractivity contribution >= 4 is 23.6 Å². The summed E-state index contributed by atoms with van der Waals surface area (Å²) in [5.41, 5.74) is 1.13. The molecule has 1 aromatic carbocycles. The summed E-state index contributed by atoms with van der Waals surface area (Å²) in [4.78, 5) is 24.3. The largest absolute Gasteiger partial charge is 0.503 e. The molecule has 3 N–H and O–H groups in total. The Balaban J connectivity index is 2.53. The van der Waals surface area contributed by atoms with Crippen LogP contribution in [0, 0.1) is 0 Å². The molecule has 0 fully saturated rings. The molecule has 0 aromatic heterocycles. The van der Waals surface area contributed by atoms with Gasteiger partial charge in [-0.1, -0.05) is 11.6 Å². The van der Waals surface area contributed by atoms with Crippen LogP contribution in [0.2, 0.25) is 5.02 Å². The minimum absolute atomic E-state index is 0.0476. The van der Waals surface area contributed by atoms with E-state index in [0.717, 1.165) is 0 Å². The lowest BCUT2D eigenvalue weighted by Gasteiger charge is -2.29. The molecule has 1 heterocycles. The van der Waals surface area contributed by atoms with E-state index in [9.17, 15) is 14.7 Å². The van der Waals surface area contributed by atoms with Crippen molar-refractivity contribution in [2.24, 2.45) is 0 Å². The molecule has 130 valence electrons. The van der Waals surface area contributed by atoms with Crippen molar-refractivity contribution < 1.29 is 24.2 Å². The van der Waals surface area contributed by atoms with Gasteiger partial charge < -0.3 is 25.2 Å². The van der Waals surface area contributed by atoms with Gasteiger partial charge in [-0.05, 0) is 38.5 Å². The van der Waals surface area contributed by atoms with Gasteiger partial charge >= 0.3 is 12.0 Å². The highest BCUT2D eigenvalue weighted by Gasteiger charge is 2.33. The summed E-state index contributed by atoms with van der Waals surface area (Å²) >= 11 is 6.01. The Morgan fingerprint density at radius 1 is 1.38 bits per heavy atom. The van der Waals surface area contributed by atoms with Crippen molar-refractivity contribution in [2.75, 3.05) is 7.11 Å². The maximum absolute atomic E-state index is 12.4. The second kappa shape index (κ2) is 7.00. The highest BCUT2D eigenvalue weighted by atomic mass is 35.5. The fourth-order valence-electron chi connectivity index (χ4n) is 2.41. The molecular weight excluding hydrogens is 336 g/mol. The molecule has 0 unspecified atom stereocenters. The summed E-state index contributed by atoms with van der Waals surface area (Å²) < 4.78 is 10.3. The molecular formula is C16H19ClN2O5. The summed E-state index contributed by atoms with van der Waals surface area (Å²) in [5, 5.41) is 15.1. The van der Waals surface area contributed by atoms with E-state index in [2.05, 4.69) is 10.6 Å². The Hall–Kier alpha value is -2.41. The van der Waals surface area contributed by atoms with Crippen LogP contribution in [0.4, 0.5) is 4.79 Å². The van der Waals surface area contributed by atoms with Crippen molar-refractivity contribution in [1.82, 2.24) is 10.6 Å². The maximum atomic E-state index is 12.4. The van der Waals surface area contributed by atoms with Crippen LogP contribution in [-0.4, -0.2) is 30.3 Å². The Morgan fingerprint density at radius 3 is 2.62 bits per heavy atom. The maximum Gasteiger partial charge on any atom is 0.338 e. The van der Waals surface area contributed by atoms with Crippen LogP contribution < -0.4 is 15.4 Å². The molecule has 1 aromatic rings. The fourth-order valence-corrected chi connectivity index (χ4v) is 2.63. The Morgan fingerprint density at radius 2 is 2.04 bits per heavy atom. The molecule has 2 amide bonds. The molecule has 0 saturated carbocycles. The number of methoxy groups -OCH3 is 1. The zero-order chi connectivity index (χ0) is 18.0. The molecule has 0 radical (unpaired) electrons. The molecule has 0 saturated heterocycles. The van der Waals surface area contributed by atoms with Gasteiger partial charge in [0.05, 0.1) is 29.9 Å². The van der Waals surface area contributed by atoms with Crippen molar-refractivity contribution in [3.63, 3.8) is 0 Å². The second-order valence-corrected chi connectivity index (χ2v) is 5.99. The zero-order valence-corrected chi connectivity index (χ0v) is 14.5. The molecule has 0 aliphatic carbocycles.